The summed E-state index contributed by atoms with van der Waals surface area (Å²) in [5, 5.41) is 2.73. The Morgan fingerprint density at radius 1 is 1.35 bits per heavy atom. The Kier molecular flexibility index (Phi) is 10.00. The first-order valence-electron chi connectivity index (χ1n) is 7.29. The van der Waals surface area contributed by atoms with Crippen LogP contribution in [0.25, 0.3) is 0 Å². The molecule has 2 atom stereocenters. The molecule has 0 aliphatic rings. The second-order valence-corrected chi connectivity index (χ2v) is 8.22. The van der Waals surface area contributed by atoms with Gasteiger partial charge in [0.2, 0.25) is 5.91 Å². The predicted molar refractivity (Wildman–Crippen MR) is 101 cm³/mol. The third kappa shape index (κ3) is 7.20. The number of carbonyl (C=O) groups excluding carboxylic acids is 2. The summed E-state index contributed by atoms with van der Waals surface area (Å²) in [4.78, 5) is 26.5. The van der Waals surface area contributed by atoms with Crippen LogP contribution in [0, 0.1) is 5.92 Å². The zero-order chi connectivity index (χ0) is 16.9. The lowest BCUT2D eigenvalue weighted by molar-refractivity contribution is -0.131. The zero-order valence-electron chi connectivity index (χ0n) is 13.8. The van der Waals surface area contributed by atoms with E-state index in [1.54, 1.807) is 24.9 Å². The largest absolute Gasteiger partial charge is 0.344 e. The number of rotatable bonds is 7. The number of nitrogens with two attached hydrogens (primary N) is 1. The number of halogens is 2. The van der Waals surface area contributed by atoms with Crippen LogP contribution in [-0.4, -0.2) is 42.4 Å². The van der Waals surface area contributed by atoms with Crippen molar-refractivity contribution in [2.45, 2.75) is 39.3 Å². The number of likely N-dealkylation sites (N-methyl/N-ethyl adjacent to an activating group) is 1. The van der Waals surface area contributed by atoms with Gasteiger partial charge in [-0.05, 0) is 47.3 Å². The quantitative estimate of drug-likeness (QED) is 0.704. The Bertz CT molecular complexity index is 525. The smallest absolute Gasteiger partial charge is 0.262 e. The van der Waals surface area contributed by atoms with E-state index in [4.69, 9.17) is 5.73 Å². The molecule has 0 bridgehead atoms. The molecule has 0 spiro atoms. The molecular weight excluding hydrogens is 402 g/mol. The molecule has 0 radical (unpaired) electrons. The van der Waals surface area contributed by atoms with Gasteiger partial charge in [0.1, 0.15) is 6.04 Å². The molecule has 5 nitrogen and oxygen atoms in total. The van der Waals surface area contributed by atoms with Gasteiger partial charge in [-0.1, -0.05) is 13.8 Å². The number of hydrogen-bond donors (Lipinski definition) is 2. The minimum absolute atomic E-state index is 0. The van der Waals surface area contributed by atoms with Crippen molar-refractivity contribution in [1.29, 1.82) is 0 Å². The van der Waals surface area contributed by atoms with Gasteiger partial charge in [-0.15, -0.1) is 23.7 Å². The molecule has 3 N–H and O–H groups in total. The summed E-state index contributed by atoms with van der Waals surface area (Å²) in [6, 6.07) is 3.05. The average Bonchev–Trinajstić information content (AvgIpc) is 2.89. The number of carbonyl (C=O) groups is 2. The standard InChI is InChI=1S/C15H24BrN3O2S.ClH/c1-9(2)11(17)7-8-19(4)15(21)10(3)18-14(20)12-5-6-13(16)22-12;/h5-6,9-11H,7-8,17H2,1-4H3,(H,18,20);1H. The first-order valence-corrected chi connectivity index (χ1v) is 8.90. The van der Waals surface area contributed by atoms with Gasteiger partial charge in [0.25, 0.3) is 5.91 Å². The fraction of sp³-hybridized carbons (Fsp3) is 0.600. The van der Waals surface area contributed by atoms with Gasteiger partial charge in [-0.25, -0.2) is 0 Å². The monoisotopic (exact) mass is 425 g/mol. The van der Waals surface area contributed by atoms with Crippen LogP contribution >= 0.6 is 39.7 Å². The molecule has 1 rings (SSSR count). The Labute approximate surface area is 156 Å². The maximum absolute atomic E-state index is 12.3. The van der Waals surface area contributed by atoms with Crippen LogP contribution in [0.3, 0.4) is 0 Å². The third-order valence-electron chi connectivity index (χ3n) is 3.55. The van der Waals surface area contributed by atoms with Gasteiger partial charge in [0, 0.05) is 19.6 Å². The van der Waals surface area contributed by atoms with Crippen molar-refractivity contribution in [3.8, 4) is 0 Å². The molecule has 2 amide bonds. The Balaban J connectivity index is 0.00000484. The van der Waals surface area contributed by atoms with Crippen molar-refractivity contribution in [2.75, 3.05) is 13.6 Å². The fourth-order valence-corrected chi connectivity index (χ4v) is 3.17. The predicted octanol–water partition coefficient (Wildman–Crippen LogP) is 2.88. The molecule has 0 aromatic carbocycles. The molecular formula is C15H25BrClN3O2S. The van der Waals surface area contributed by atoms with Gasteiger partial charge < -0.3 is 16.0 Å². The van der Waals surface area contributed by atoms with E-state index in [1.807, 2.05) is 6.07 Å². The summed E-state index contributed by atoms with van der Waals surface area (Å²) in [5.41, 5.74) is 5.99. The zero-order valence-corrected chi connectivity index (χ0v) is 17.1. The molecule has 1 heterocycles. The Morgan fingerprint density at radius 3 is 2.43 bits per heavy atom. The Morgan fingerprint density at radius 2 is 1.96 bits per heavy atom. The maximum Gasteiger partial charge on any atom is 0.262 e. The lowest BCUT2D eigenvalue weighted by Crippen LogP contribution is -2.46. The molecule has 8 heteroatoms. The molecule has 2 unspecified atom stereocenters. The summed E-state index contributed by atoms with van der Waals surface area (Å²) in [6.07, 6.45) is 0.748. The van der Waals surface area contributed by atoms with E-state index >= 15 is 0 Å². The van der Waals surface area contributed by atoms with Crippen molar-refractivity contribution < 1.29 is 9.59 Å². The first kappa shape index (κ1) is 22.4. The second-order valence-electron chi connectivity index (χ2n) is 5.76. The van der Waals surface area contributed by atoms with E-state index in [1.165, 1.54) is 11.3 Å². The van der Waals surface area contributed by atoms with Crippen LogP contribution in [-0.2, 0) is 4.79 Å². The first-order chi connectivity index (χ1) is 10.2. The van der Waals surface area contributed by atoms with Crippen molar-refractivity contribution in [3.05, 3.63) is 20.8 Å². The highest BCUT2D eigenvalue weighted by atomic mass is 79.9. The summed E-state index contributed by atoms with van der Waals surface area (Å²) in [7, 11) is 1.74. The van der Waals surface area contributed by atoms with Crippen LogP contribution < -0.4 is 11.1 Å². The lowest BCUT2D eigenvalue weighted by atomic mass is 10.0. The highest BCUT2D eigenvalue weighted by Crippen LogP contribution is 2.21. The molecule has 23 heavy (non-hydrogen) atoms. The molecule has 132 valence electrons. The average molecular weight is 427 g/mol. The van der Waals surface area contributed by atoms with Crippen molar-refractivity contribution in [1.82, 2.24) is 10.2 Å². The van der Waals surface area contributed by atoms with Gasteiger partial charge in [0.15, 0.2) is 0 Å². The van der Waals surface area contributed by atoms with Crippen LogP contribution in [0.15, 0.2) is 15.9 Å². The van der Waals surface area contributed by atoms with Crippen LogP contribution in [0.2, 0.25) is 0 Å². The highest BCUT2D eigenvalue weighted by molar-refractivity contribution is 9.11. The highest BCUT2D eigenvalue weighted by Gasteiger charge is 2.21. The number of hydrogen-bond acceptors (Lipinski definition) is 4. The molecule has 0 fully saturated rings. The lowest BCUT2D eigenvalue weighted by Gasteiger charge is -2.24. The van der Waals surface area contributed by atoms with Gasteiger partial charge in [0.05, 0.1) is 8.66 Å². The van der Waals surface area contributed by atoms with E-state index in [0.29, 0.717) is 17.3 Å². The summed E-state index contributed by atoms with van der Waals surface area (Å²) < 4.78 is 0.886. The van der Waals surface area contributed by atoms with E-state index in [0.717, 1.165) is 10.2 Å². The minimum Gasteiger partial charge on any atom is -0.344 e. The van der Waals surface area contributed by atoms with Crippen molar-refractivity contribution in [3.63, 3.8) is 0 Å². The number of thiophene rings is 1. The van der Waals surface area contributed by atoms with E-state index < -0.39 is 6.04 Å². The van der Waals surface area contributed by atoms with E-state index in [-0.39, 0.29) is 30.3 Å². The molecule has 1 aromatic rings. The molecule has 0 aliphatic heterocycles. The minimum atomic E-state index is -0.561. The van der Waals surface area contributed by atoms with Gasteiger partial charge in [-0.2, -0.15) is 0 Å². The normalized spacial score (nSPS) is 13.2. The summed E-state index contributed by atoms with van der Waals surface area (Å²) in [6.45, 7) is 6.41. The molecule has 1 aromatic heterocycles. The Hall–Kier alpha value is -0.630. The number of nitrogens with zero attached hydrogens (tertiary/aromatic N) is 1. The van der Waals surface area contributed by atoms with Crippen molar-refractivity contribution in [2.24, 2.45) is 11.7 Å². The van der Waals surface area contributed by atoms with Crippen LogP contribution in [0.5, 0.6) is 0 Å². The molecule has 0 aliphatic carbocycles. The molecule has 0 saturated carbocycles. The number of nitrogens with one attached hydrogen (secondary N) is 1. The second kappa shape index (κ2) is 10.3. The van der Waals surface area contributed by atoms with E-state index in [2.05, 4.69) is 35.1 Å². The number of amides is 2. The fourth-order valence-electron chi connectivity index (χ4n) is 1.88. The topological polar surface area (TPSA) is 75.4 Å². The van der Waals surface area contributed by atoms with Gasteiger partial charge >= 0.3 is 0 Å². The third-order valence-corrected chi connectivity index (χ3v) is 5.17. The van der Waals surface area contributed by atoms with Crippen LogP contribution in [0.1, 0.15) is 36.9 Å². The summed E-state index contributed by atoms with van der Waals surface area (Å²) in [5.74, 6) is 0.0432. The van der Waals surface area contributed by atoms with E-state index in [9.17, 15) is 9.59 Å². The van der Waals surface area contributed by atoms with Crippen molar-refractivity contribution >= 4 is 51.5 Å². The van der Waals surface area contributed by atoms with Gasteiger partial charge in [-0.3, -0.25) is 9.59 Å². The molecule has 0 saturated heterocycles. The summed E-state index contributed by atoms with van der Waals surface area (Å²) >= 11 is 4.65. The maximum atomic E-state index is 12.3. The van der Waals surface area contributed by atoms with Crippen LogP contribution in [0.4, 0.5) is 0 Å². The SMILES string of the molecule is CC(NC(=O)c1ccc(Br)s1)C(=O)N(C)CCC(N)C(C)C.Cl.